The first-order chi connectivity index (χ1) is 5.40. The quantitative estimate of drug-likeness (QED) is 0.414. The van der Waals surface area contributed by atoms with Crippen LogP contribution in [0, 0.1) is 11.8 Å². The number of hydrogen-bond donors (Lipinski definition) is 0. The van der Waals surface area contributed by atoms with E-state index in [4.69, 9.17) is 0 Å². The second-order valence-electron chi connectivity index (χ2n) is 3.51. The van der Waals surface area contributed by atoms with Crippen LogP contribution in [0.15, 0.2) is 5.10 Å². The second-order valence-corrected chi connectivity index (χ2v) is 3.51. The van der Waals surface area contributed by atoms with Crippen LogP contribution >= 0.6 is 0 Å². The Morgan fingerprint density at radius 1 is 1.27 bits per heavy atom. The number of hydrogen-bond acceptors (Lipinski definition) is 3. The van der Waals surface area contributed by atoms with Gasteiger partial charge in [-0.15, -0.1) is 0 Å². The molecule has 0 aromatic carbocycles. The molecule has 2 aliphatic rings. The lowest BCUT2D eigenvalue weighted by Gasteiger charge is -2.08. The number of hydrazone groups is 1. The predicted octanol–water partition coefficient (Wildman–Crippen LogP) is 0.969. The van der Waals surface area contributed by atoms with Crippen molar-refractivity contribution in [3.63, 3.8) is 0 Å². The number of carbonyl (C=O) groups excluding carboxylic acids is 1. The molecule has 3 heteroatoms. The van der Waals surface area contributed by atoms with Crippen molar-refractivity contribution in [2.45, 2.75) is 19.3 Å². The smallest absolute Gasteiger partial charge is 0.258 e. The summed E-state index contributed by atoms with van der Waals surface area (Å²) in [5.74, 6) is 1.62. The van der Waals surface area contributed by atoms with Crippen molar-refractivity contribution >= 4 is 6.08 Å². The Bertz CT molecular complexity index is 186. The third kappa shape index (κ3) is 1.16. The summed E-state index contributed by atoms with van der Waals surface area (Å²) >= 11 is 0. The first-order valence-electron chi connectivity index (χ1n) is 4.23. The van der Waals surface area contributed by atoms with E-state index in [2.05, 4.69) is 5.10 Å². The van der Waals surface area contributed by atoms with Crippen LogP contribution in [0.1, 0.15) is 19.3 Å². The Labute approximate surface area is 66.1 Å². The number of isocyanates is 1. The Balaban J connectivity index is 1.99. The Morgan fingerprint density at radius 2 is 1.91 bits per heavy atom. The Hall–Kier alpha value is -0.820. The van der Waals surface area contributed by atoms with Crippen molar-refractivity contribution in [1.82, 2.24) is 5.01 Å². The molecule has 3 nitrogen and oxygen atoms in total. The highest BCUT2D eigenvalue weighted by atomic mass is 16.1. The standard InChI is InChI=1S/C8H12N2O/c11-6-9-10-4-7-2-1-3-8(7)5-10/h7-8H,1-5H2. The highest BCUT2D eigenvalue weighted by molar-refractivity contribution is 5.32. The minimum Gasteiger partial charge on any atom is -0.285 e. The third-order valence-electron chi connectivity index (χ3n) is 2.89. The molecule has 1 saturated heterocycles. The fourth-order valence-corrected chi connectivity index (χ4v) is 2.35. The summed E-state index contributed by atoms with van der Waals surface area (Å²) in [5, 5.41) is 5.50. The summed E-state index contributed by atoms with van der Waals surface area (Å²) < 4.78 is 0. The van der Waals surface area contributed by atoms with Gasteiger partial charge in [-0.25, -0.2) is 4.79 Å². The normalized spacial score (nSPS) is 35.1. The van der Waals surface area contributed by atoms with Gasteiger partial charge in [-0.05, 0) is 24.7 Å². The summed E-state index contributed by atoms with van der Waals surface area (Å²) in [6.45, 7) is 1.97. The molecule has 0 amide bonds. The molecule has 0 aromatic rings. The monoisotopic (exact) mass is 152 g/mol. The molecule has 0 radical (unpaired) electrons. The SMILES string of the molecule is O=C=NN1CC2CCCC2C1. The van der Waals surface area contributed by atoms with Crippen LogP contribution in [-0.4, -0.2) is 24.2 Å². The highest BCUT2D eigenvalue weighted by Gasteiger charge is 2.35. The molecule has 0 aromatic heterocycles. The number of fused-ring (bicyclic) bond motifs is 1. The molecule has 1 aliphatic heterocycles. The average Bonchev–Trinajstić information content (AvgIpc) is 2.46. The topological polar surface area (TPSA) is 32.7 Å². The van der Waals surface area contributed by atoms with E-state index in [0.29, 0.717) is 0 Å². The lowest BCUT2D eigenvalue weighted by molar-refractivity contribution is 0.326. The molecule has 2 atom stereocenters. The maximum atomic E-state index is 9.95. The maximum Gasteiger partial charge on any atom is 0.258 e. The van der Waals surface area contributed by atoms with E-state index < -0.39 is 0 Å². The van der Waals surface area contributed by atoms with E-state index >= 15 is 0 Å². The molecule has 2 rings (SSSR count). The zero-order chi connectivity index (χ0) is 7.68. The molecule has 0 spiro atoms. The third-order valence-corrected chi connectivity index (χ3v) is 2.89. The molecule has 11 heavy (non-hydrogen) atoms. The van der Waals surface area contributed by atoms with Crippen LogP contribution in [-0.2, 0) is 4.79 Å². The largest absolute Gasteiger partial charge is 0.285 e. The molecule has 60 valence electrons. The molecule has 2 fully saturated rings. The van der Waals surface area contributed by atoms with E-state index in [1.165, 1.54) is 19.3 Å². The molecule has 0 N–H and O–H groups in total. The van der Waals surface area contributed by atoms with E-state index in [1.54, 1.807) is 6.08 Å². The van der Waals surface area contributed by atoms with E-state index in [0.717, 1.165) is 24.9 Å². The van der Waals surface area contributed by atoms with Gasteiger partial charge < -0.3 is 0 Å². The predicted molar refractivity (Wildman–Crippen MR) is 40.5 cm³/mol. The molecule has 0 bridgehead atoms. The van der Waals surface area contributed by atoms with Gasteiger partial charge in [0.15, 0.2) is 0 Å². The van der Waals surface area contributed by atoms with Gasteiger partial charge in [0.1, 0.15) is 0 Å². The Morgan fingerprint density at radius 3 is 2.45 bits per heavy atom. The van der Waals surface area contributed by atoms with E-state index in [1.807, 2.05) is 5.01 Å². The summed E-state index contributed by atoms with van der Waals surface area (Å²) in [7, 11) is 0. The molecule has 1 saturated carbocycles. The van der Waals surface area contributed by atoms with Crippen molar-refractivity contribution in [2.75, 3.05) is 13.1 Å². The maximum absolute atomic E-state index is 9.95. The van der Waals surface area contributed by atoms with Crippen molar-refractivity contribution in [3.05, 3.63) is 0 Å². The van der Waals surface area contributed by atoms with Crippen molar-refractivity contribution < 1.29 is 4.79 Å². The first-order valence-corrected chi connectivity index (χ1v) is 4.23. The van der Waals surface area contributed by atoms with Crippen LogP contribution in [0.4, 0.5) is 0 Å². The van der Waals surface area contributed by atoms with Crippen LogP contribution in [0.25, 0.3) is 0 Å². The molecule has 1 aliphatic carbocycles. The zero-order valence-corrected chi connectivity index (χ0v) is 6.49. The van der Waals surface area contributed by atoms with Gasteiger partial charge in [0.25, 0.3) is 6.08 Å². The van der Waals surface area contributed by atoms with Gasteiger partial charge in [-0.1, -0.05) is 11.5 Å². The van der Waals surface area contributed by atoms with Gasteiger partial charge in [-0.2, -0.15) is 0 Å². The lowest BCUT2D eigenvalue weighted by Crippen LogP contribution is -2.13. The summed E-state index contributed by atoms with van der Waals surface area (Å²) in [4.78, 5) is 9.95. The summed E-state index contributed by atoms with van der Waals surface area (Å²) in [5.41, 5.74) is 0. The van der Waals surface area contributed by atoms with E-state index in [-0.39, 0.29) is 0 Å². The first kappa shape index (κ1) is 6.86. The highest BCUT2D eigenvalue weighted by Crippen LogP contribution is 2.37. The van der Waals surface area contributed by atoms with E-state index in [9.17, 15) is 4.79 Å². The van der Waals surface area contributed by atoms with Gasteiger partial charge in [0.2, 0.25) is 0 Å². The van der Waals surface area contributed by atoms with Crippen molar-refractivity contribution in [1.29, 1.82) is 0 Å². The molecular formula is C8H12N2O. The second kappa shape index (κ2) is 2.67. The lowest BCUT2D eigenvalue weighted by atomic mass is 10.0. The van der Waals surface area contributed by atoms with Crippen molar-refractivity contribution in [2.24, 2.45) is 16.9 Å². The fraction of sp³-hybridized carbons (Fsp3) is 0.875. The molecule has 2 unspecified atom stereocenters. The molecular weight excluding hydrogens is 140 g/mol. The molecule has 1 heterocycles. The number of rotatable bonds is 1. The number of nitrogens with zero attached hydrogens (tertiary/aromatic N) is 2. The average molecular weight is 152 g/mol. The van der Waals surface area contributed by atoms with Gasteiger partial charge in [-0.3, -0.25) is 5.01 Å². The van der Waals surface area contributed by atoms with Gasteiger partial charge >= 0.3 is 0 Å². The fourth-order valence-electron chi connectivity index (χ4n) is 2.35. The van der Waals surface area contributed by atoms with Crippen molar-refractivity contribution in [3.8, 4) is 0 Å². The zero-order valence-electron chi connectivity index (χ0n) is 6.49. The van der Waals surface area contributed by atoms with Crippen LogP contribution < -0.4 is 0 Å². The summed E-state index contributed by atoms with van der Waals surface area (Å²) in [6.07, 6.45) is 5.63. The van der Waals surface area contributed by atoms with Crippen LogP contribution in [0.2, 0.25) is 0 Å². The minimum absolute atomic E-state index is 0.812. The van der Waals surface area contributed by atoms with Gasteiger partial charge in [0.05, 0.1) is 0 Å². The minimum atomic E-state index is 0.812. The van der Waals surface area contributed by atoms with Gasteiger partial charge in [0, 0.05) is 13.1 Å². The Kier molecular flexibility index (Phi) is 1.66. The summed E-state index contributed by atoms with van der Waals surface area (Å²) in [6, 6.07) is 0. The van der Waals surface area contributed by atoms with Crippen LogP contribution in [0.3, 0.4) is 0 Å². The van der Waals surface area contributed by atoms with Crippen LogP contribution in [0.5, 0.6) is 0 Å².